The monoisotopic (exact) mass is 291 g/mol. The number of hydrogen-bond donors (Lipinski definition) is 2. The number of hydrogen-bond acceptors (Lipinski definition) is 4. The zero-order valence-corrected chi connectivity index (χ0v) is 13.6. The van der Waals surface area contributed by atoms with Crippen molar-refractivity contribution in [1.82, 2.24) is 10.3 Å². The van der Waals surface area contributed by atoms with E-state index in [9.17, 15) is 5.11 Å². The van der Waals surface area contributed by atoms with Gasteiger partial charge in [-0.05, 0) is 31.4 Å². The zero-order valence-electron chi connectivity index (χ0n) is 13.6. The number of likely N-dealkylation sites (N-methyl/N-ethyl adjacent to an activating group) is 1. The first-order chi connectivity index (χ1) is 10.0. The molecule has 1 saturated carbocycles. The van der Waals surface area contributed by atoms with Crippen molar-refractivity contribution in [3.05, 3.63) is 23.9 Å². The fraction of sp³-hybridized carbons (Fsp3) is 0.706. The van der Waals surface area contributed by atoms with E-state index in [-0.39, 0.29) is 0 Å². The third-order valence-electron chi connectivity index (χ3n) is 4.16. The van der Waals surface area contributed by atoms with Crippen LogP contribution in [0.1, 0.15) is 45.1 Å². The minimum absolute atomic E-state index is 0.533. The molecule has 0 aromatic carbocycles. The second kappa shape index (κ2) is 7.23. The number of aliphatic hydroxyl groups is 1. The molecule has 0 bridgehead atoms. The SMILES string of the molecule is CC(C)CNCc1cccnc1N(C)CC1(O)CCCC1. The Kier molecular flexibility index (Phi) is 5.59. The lowest BCUT2D eigenvalue weighted by molar-refractivity contribution is 0.0557. The van der Waals surface area contributed by atoms with Gasteiger partial charge in [-0.1, -0.05) is 32.8 Å². The molecule has 1 aromatic rings. The minimum Gasteiger partial charge on any atom is -0.388 e. The molecule has 0 unspecified atom stereocenters. The van der Waals surface area contributed by atoms with Gasteiger partial charge in [0, 0.05) is 31.9 Å². The van der Waals surface area contributed by atoms with Crippen molar-refractivity contribution in [3.63, 3.8) is 0 Å². The third-order valence-corrected chi connectivity index (χ3v) is 4.16. The Labute approximate surface area is 128 Å². The van der Waals surface area contributed by atoms with E-state index in [0.29, 0.717) is 12.5 Å². The lowest BCUT2D eigenvalue weighted by Gasteiger charge is -2.30. The van der Waals surface area contributed by atoms with Crippen LogP contribution < -0.4 is 10.2 Å². The molecule has 1 aromatic heterocycles. The molecule has 4 heteroatoms. The van der Waals surface area contributed by atoms with Crippen LogP contribution in [0, 0.1) is 5.92 Å². The van der Waals surface area contributed by atoms with Gasteiger partial charge in [-0.25, -0.2) is 4.98 Å². The van der Waals surface area contributed by atoms with Gasteiger partial charge in [0.2, 0.25) is 0 Å². The first-order valence-corrected chi connectivity index (χ1v) is 8.08. The largest absolute Gasteiger partial charge is 0.388 e. The fourth-order valence-electron chi connectivity index (χ4n) is 3.12. The molecule has 1 heterocycles. The molecule has 0 saturated heterocycles. The molecular formula is C17H29N3O. The average molecular weight is 291 g/mol. The summed E-state index contributed by atoms with van der Waals surface area (Å²) in [4.78, 5) is 6.63. The maximum absolute atomic E-state index is 10.6. The van der Waals surface area contributed by atoms with E-state index in [0.717, 1.165) is 44.6 Å². The highest BCUT2D eigenvalue weighted by molar-refractivity contribution is 5.46. The molecule has 1 fully saturated rings. The highest BCUT2D eigenvalue weighted by atomic mass is 16.3. The first kappa shape index (κ1) is 16.2. The van der Waals surface area contributed by atoms with Crippen molar-refractivity contribution in [2.45, 2.75) is 51.7 Å². The molecule has 1 aliphatic rings. The third kappa shape index (κ3) is 4.68. The number of aromatic nitrogens is 1. The summed E-state index contributed by atoms with van der Waals surface area (Å²) >= 11 is 0. The predicted octanol–water partition coefficient (Wildman–Crippen LogP) is 2.57. The Hall–Kier alpha value is -1.13. The highest BCUT2D eigenvalue weighted by Crippen LogP contribution is 2.31. The second-order valence-electron chi connectivity index (χ2n) is 6.80. The van der Waals surface area contributed by atoms with Crippen LogP contribution in [0.3, 0.4) is 0 Å². The average Bonchev–Trinajstić information content (AvgIpc) is 2.85. The summed E-state index contributed by atoms with van der Waals surface area (Å²) < 4.78 is 0. The van der Waals surface area contributed by atoms with Crippen LogP contribution in [-0.4, -0.2) is 35.8 Å². The van der Waals surface area contributed by atoms with E-state index in [1.165, 1.54) is 5.56 Å². The van der Waals surface area contributed by atoms with Crippen molar-refractivity contribution >= 4 is 5.82 Å². The van der Waals surface area contributed by atoms with Gasteiger partial charge in [0.15, 0.2) is 0 Å². The molecule has 21 heavy (non-hydrogen) atoms. The molecule has 0 amide bonds. The van der Waals surface area contributed by atoms with E-state index in [1.54, 1.807) is 0 Å². The quantitative estimate of drug-likeness (QED) is 0.810. The molecule has 0 radical (unpaired) electrons. The van der Waals surface area contributed by atoms with E-state index < -0.39 is 5.60 Å². The Bertz CT molecular complexity index is 441. The Balaban J connectivity index is 2.00. The van der Waals surface area contributed by atoms with Crippen LogP contribution in [-0.2, 0) is 6.54 Å². The first-order valence-electron chi connectivity index (χ1n) is 8.08. The fourth-order valence-corrected chi connectivity index (χ4v) is 3.12. The van der Waals surface area contributed by atoms with Gasteiger partial charge in [-0.3, -0.25) is 0 Å². The number of rotatable bonds is 7. The van der Waals surface area contributed by atoms with Crippen molar-refractivity contribution in [3.8, 4) is 0 Å². The second-order valence-corrected chi connectivity index (χ2v) is 6.80. The van der Waals surface area contributed by atoms with E-state index in [4.69, 9.17) is 0 Å². The van der Waals surface area contributed by atoms with Crippen LogP contribution in [0.15, 0.2) is 18.3 Å². The molecular weight excluding hydrogens is 262 g/mol. The molecule has 2 N–H and O–H groups in total. The summed E-state index contributed by atoms with van der Waals surface area (Å²) in [5, 5.41) is 14.0. The summed E-state index contributed by atoms with van der Waals surface area (Å²) in [6.45, 7) is 6.91. The van der Waals surface area contributed by atoms with Crippen molar-refractivity contribution < 1.29 is 5.11 Å². The zero-order chi connectivity index (χ0) is 15.3. The molecule has 4 nitrogen and oxygen atoms in total. The summed E-state index contributed by atoms with van der Waals surface area (Å²) in [7, 11) is 2.03. The summed E-state index contributed by atoms with van der Waals surface area (Å²) in [5.74, 6) is 1.62. The van der Waals surface area contributed by atoms with Gasteiger partial charge in [0.05, 0.1) is 5.60 Å². The molecule has 0 aliphatic heterocycles. The van der Waals surface area contributed by atoms with Gasteiger partial charge in [0.1, 0.15) is 5.82 Å². The number of nitrogens with zero attached hydrogens (tertiary/aromatic N) is 2. The topological polar surface area (TPSA) is 48.4 Å². The van der Waals surface area contributed by atoms with Gasteiger partial charge >= 0.3 is 0 Å². The molecule has 0 atom stereocenters. The van der Waals surface area contributed by atoms with Crippen molar-refractivity contribution in [1.29, 1.82) is 0 Å². The Morgan fingerprint density at radius 3 is 2.76 bits per heavy atom. The van der Waals surface area contributed by atoms with Crippen LogP contribution in [0.4, 0.5) is 5.82 Å². The van der Waals surface area contributed by atoms with E-state index >= 15 is 0 Å². The number of pyridine rings is 1. The Morgan fingerprint density at radius 1 is 1.38 bits per heavy atom. The lowest BCUT2D eigenvalue weighted by atomic mass is 10.0. The molecule has 1 aliphatic carbocycles. The number of anilines is 1. The maximum atomic E-state index is 10.6. The van der Waals surface area contributed by atoms with Crippen molar-refractivity contribution in [2.75, 3.05) is 25.0 Å². The number of nitrogens with one attached hydrogen (secondary N) is 1. The van der Waals surface area contributed by atoms with Crippen LogP contribution in [0.25, 0.3) is 0 Å². The summed E-state index contributed by atoms with van der Waals surface area (Å²) in [5.41, 5.74) is 0.664. The predicted molar refractivity (Wildman–Crippen MR) is 87.5 cm³/mol. The van der Waals surface area contributed by atoms with Gasteiger partial charge in [0.25, 0.3) is 0 Å². The van der Waals surface area contributed by atoms with Gasteiger partial charge in [-0.15, -0.1) is 0 Å². The van der Waals surface area contributed by atoms with Gasteiger partial charge in [-0.2, -0.15) is 0 Å². The molecule has 118 valence electrons. The molecule has 0 spiro atoms. The van der Waals surface area contributed by atoms with Crippen LogP contribution >= 0.6 is 0 Å². The van der Waals surface area contributed by atoms with Crippen molar-refractivity contribution in [2.24, 2.45) is 5.92 Å². The molecule has 2 rings (SSSR count). The lowest BCUT2D eigenvalue weighted by Crippen LogP contribution is -2.40. The van der Waals surface area contributed by atoms with Crippen LogP contribution in [0.2, 0.25) is 0 Å². The van der Waals surface area contributed by atoms with E-state index in [1.807, 2.05) is 19.3 Å². The van der Waals surface area contributed by atoms with Gasteiger partial charge < -0.3 is 15.3 Å². The van der Waals surface area contributed by atoms with Crippen LogP contribution in [0.5, 0.6) is 0 Å². The smallest absolute Gasteiger partial charge is 0.132 e. The van der Waals surface area contributed by atoms with E-state index in [2.05, 4.69) is 35.1 Å². The highest BCUT2D eigenvalue weighted by Gasteiger charge is 2.32. The summed E-state index contributed by atoms with van der Waals surface area (Å²) in [6.07, 6.45) is 5.91. The normalized spacial score (nSPS) is 17.4. The summed E-state index contributed by atoms with van der Waals surface area (Å²) in [6, 6.07) is 4.10. The minimum atomic E-state index is -0.533. The maximum Gasteiger partial charge on any atom is 0.132 e. The Morgan fingerprint density at radius 2 is 2.10 bits per heavy atom. The standard InChI is InChI=1S/C17H29N3O/c1-14(2)11-18-12-15-7-6-10-19-16(15)20(3)13-17(21)8-4-5-9-17/h6-7,10,14,18,21H,4-5,8-9,11-13H2,1-3H3.